The number of aliphatic hydroxyl groups is 2. The van der Waals surface area contributed by atoms with Gasteiger partial charge >= 0.3 is 0 Å². The Kier molecular flexibility index (Phi) is 0.892. The molecule has 8 heteroatoms. The van der Waals surface area contributed by atoms with E-state index in [0.717, 1.165) is 0 Å². The number of hydrogen-bond acceptors (Lipinski definition) is 7. The molecule has 0 radical (unpaired) electrons. The summed E-state index contributed by atoms with van der Waals surface area (Å²) in [6.07, 6.45) is -16.3. The SMILES string of the molecule is [2H]OC([2H])([2H])[C@@]1([2H])O[C@@]([2H])(n2c([2H])nc3c(N([2H])[2H])nc([2H])nc32)C([2H])([2H])[C@]1([2H])O[2H]. The predicted molar refractivity (Wildman–Crippen MR) is 61.4 cm³/mol. The quantitative estimate of drug-likeness (QED) is 0.636. The van der Waals surface area contributed by atoms with E-state index in [1.165, 1.54) is 0 Å². The second kappa shape index (κ2) is 4.16. The first-order chi connectivity index (χ1) is 14.0. The van der Waals surface area contributed by atoms with E-state index in [1.807, 2.05) is 0 Å². The summed E-state index contributed by atoms with van der Waals surface area (Å²) in [5.41, 5.74) is -1.28. The molecule has 0 aromatic carbocycles. The van der Waals surface area contributed by atoms with Crippen LogP contribution >= 0.6 is 0 Å². The van der Waals surface area contributed by atoms with E-state index in [-0.39, 0.29) is 10.3 Å². The van der Waals surface area contributed by atoms with Crippen molar-refractivity contribution in [3.05, 3.63) is 12.6 Å². The van der Waals surface area contributed by atoms with Crippen molar-refractivity contribution in [1.29, 1.82) is 2.86 Å². The third-order valence-electron chi connectivity index (χ3n) is 2.13. The smallest absolute Gasteiger partial charge is 0.211 e. The number of aromatic nitrogens is 4. The molecule has 2 aromatic rings. The van der Waals surface area contributed by atoms with Crippen LogP contribution in [0.1, 0.15) is 24.9 Å². The van der Waals surface area contributed by atoms with Gasteiger partial charge in [0.15, 0.2) is 14.3 Å². The minimum Gasteiger partial charge on any atom is -0.394 e. The molecule has 3 heterocycles. The molecule has 0 spiro atoms. The van der Waals surface area contributed by atoms with Gasteiger partial charge in [-0.25, -0.2) is 15.0 Å². The van der Waals surface area contributed by atoms with Crippen LogP contribution in [0, 0.1) is 0 Å². The number of nitrogens with two attached hydrogens (primary N) is 1. The van der Waals surface area contributed by atoms with Gasteiger partial charge in [-0.3, -0.25) is 4.57 Å². The zero-order valence-electron chi connectivity index (χ0n) is 21.5. The zero-order valence-corrected chi connectivity index (χ0v) is 8.46. The van der Waals surface area contributed by atoms with Gasteiger partial charge in [0.1, 0.15) is 26.8 Å². The third kappa shape index (κ3) is 1.62. The number of hydrogen-bond donors (Lipinski definition) is 3. The summed E-state index contributed by atoms with van der Waals surface area (Å²) in [5.74, 6) is -0.625. The van der Waals surface area contributed by atoms with Crippen molar-refractivity contribution < 1.29 is 30.1 Å². The molecule has 8 nitrogen and oxygen atoms in total. The molecule has 1 aliphatic heterocycles. The van der Waals surface area contributed by atoms with Gasteiger partial charge in [0.25, 0.3) is 0 Å². The lowest BCUT2D eigenvalue weighted by molar-refractivity contribution is -0.0432. The number of rotatable bonds is 5. The Morgan fingerprint density at radius 2 is 2.83 bits per heavy atom. The minimum atomic E-state index is -3.67. The summed E-state index contributed by atoms with van der Waals surface area (Å²) >= 11 is 0. The van der Waals surface area contributed by atoms with Crippen molar-refractivity contribution in [2.45, 2.75) is 24.7 Å². The van der Waals surface area contributed by atoms with Crippen LogP contribution in [0.2, 0.25) is 2.82 Å². The highest BCUT2D eigenvalue weighted by Crippen LogP contribution is 2.30. The van der Waals surface area contributed by atoms with E-state index in [4.69, 9.17) is 22.8 Å². The van der Waals surface area contributed by atoms with E-state index in [1.54, 1.807) is 0 Å². The fourth-order valence-electron chi connectivity index (χ4n) is 1.36. The number of ether oxygens (including phenoxy) is 1. The average Bonchev–Trinajstić information content (AvgIpc) is 3.06. The fourth-order valence-corrected chi connectivity index (χ4v) is 1.36. The molecule has 1 aliphatic rings. The van der Waals surface area contributed by atoms with Gasteiger partial charge in [0.05, 0.1) is 25.8 Å². The average molecular weight is 264 g/mol. The van der Waals surface area contributed by atoms with Crippen LogP contribution in [0.3, 0.4) is 0 Å². The molecule has 1 fully saturated rings. The Bertz CT molecular complexity index is 1040. The zero-order chi connectivity index (χ0) is 23.8. The molecule has 4 N–H and O–H groups in total. The highest BCUT2D eigenvalue weighted by atomic mass is 16.5. The molecular formula is C10H13N5O3. The van der Waals surface area contributed by atoms with Crippen molar-refractivity contribution in [2.75, 3.05) is 12.3 Å². The van der Waals surface area contributed by atoms with Crippen molar-refractivity contribution in [1.82, 2.24) is 19.5 Å². The Labute approximate surface area is 121 Å². The van der Waals surface area contributed by atoms with Crippen LogP contribution in [0.4, 0.5) is 5.82 Å². The fraction of sp³-hybridized carbons (Fsp3) is 0.500. The third-order valence-corrected chi connectivity index (χ3v) is 2.13. The molecule has 1 saturated heterocycles. The van der Waals surface area contributed by atoms with Crippen molar-refractivity contribution in [3.8, 4) is 0 Å². The highest BCUT2D eigenvalue weighted by Gasteiger charge is 2.35. The predicted octanol–water partition coefficient (Wildman–Crippen LogP) is -0.951. The van der Waals surface area contributed by atoms with Gasteiger partial charge in [-0.1, -0.05) is 0 Å². The van der Waals surface area contributed by atoms with Gasteiger partial charge in [0.2, 0.25) is 2.86 Å². The van der Waals surface area contributed by atoms with Crippen molar-refractivity contribution in [3.63, 3.8) is 0 Å². The maximum atomic E-state index is 8.57. The van der Waals surface area contributed by atoms with Gasteiger partial charge in [-0.05, 0) is 0 Å². The first kappa shape index (κ1) is 3.86. The number of nitrogens with zero attached hydrogens (tertiary/aromatic N) is 4. The number of nitrogen functional groups attached to an aromatic ring is 1. The monoisotopic (exact) mass is 264 g/mol. The molecule has 2 aromatic heterocycles. The lowest BCUT2D eigenvalue weighted by atomic mass is 10.2. The second-order valence-electron chi connectivity index (χ2n) is 3.16. The Balaban J connectivity index is 2.40. The molecule has 18 heavy (non-hydrogen) atoms. The molecule has 0 aliphatic carbocycles. The molecule has 3 rings (SSSR count). The minimum absolute atomic E-state index is 0.0807. The summed E-state index contributed by atoms with van der Waals surface area (Å²) in [7, 11) is 0. The van der Waals surface area contributed by atoms with E-state index in [9.17, 15) is 0 Å². The molecule has 0 unspecified atom stereocenters. The van der Waals surface area contributed by atoms with E-state index >= 15 is 0 Å². The summed E-state index contributed by atoms with van der Waals surface area (Å²) in [6, 6.07) is 0. The van der Waals surface area contributed by atoms with Crippen LogP contribution in [0.5, 0.6) is 0 Å². The number of imidazole rings is 1. The van der Waals surface area contributed by atoms with E-state index in [0.29, 0.717) is 0 Å². The topological polar surface area (TPSA) is 119 Å². The lowest BCUT2D eigenvalue weighted by Crippen LogP contribution is -2.24. The van der Waals surface area contributed by atoms with Crippen LogP contribution in [-0.4, -0.2) is 51.3 Å². The van der Waals surface area contributed by atoms with E-state index in [2.05, 4.69) is 25.2 Å². The Hall–Kier alpha value is -1.77. The van der Waals surface area contributed by atoms with Crippen LogP contribution in [-0.2, 0) is 4.74 Å². The molecule has 0 bridgehead atoms. The maximum absolute atomic E-state index is 8.57. The maximum Gasteiger partial charge on any atom is 0.211 e. The van der Waals surface area contributed by atoms with Crippen molar-refractivity contribution in [2.24, 2.45) is 0 Å². The Morgan fingerprint density at radius 1 is 1.83 bits per heavy atom. The molecular weight excluding hydrogens is 238 g/mol. The summed E-state index contributed by atoms with van der Waals surface area (Å²) in [5, 5.41) is 7.79. The molecule has 96 valence electrons. The van der Waals surface area contributed by atoms with Gasteiger partial charge in [-0.2, -0.15) is 0 Å². The van der Waals surface area contributed by atoms with Gasteiger partial charge in [0, 0.05) is 9.11 Å². The van der Waals surface area contributed by atoms with Crippen LogP contribution in [0.25, 0.3) is 11.2 Å². The first-order valence-electron chi connectivity index (χ1n) is 10.8. The molecule has 3 atom stereocenters. The largest absolute Gasteiger partial charge is 0.394 e. The first-order valence-corrected chi connectivity index (χ1v) is 4.55. The molecule has 0 saturated carbocycles. The van der Waals surface area contributed by atoms with Crippen molar-refractivity contribution >= 4 is 17.0 Å². The number of anilines is 1. The van der Waals surface area contributed by atoms with E-state index < -0.39 is 60.9 Å². The van der Waals surface area contributed by atoms with Crippen LogP contribution < -0.4 is 5.72 Å². The Morgan fingerprint density at radius 3 is 3.67 bits per heavy atom. The standard InChI is InChI=1S/C10H13N5O3/c11-9-8-10(13-3-12-9)15(4-14-8)7-1-5(17)6(2-16)18-7/h3-7,16-17H,1-2H2,(H2,11,12,13)/t5-,6+,7+/m0/s1/i1D2,2D2,3D,4D,5D,6D,7D,16D,17D/hD2. The number of fused-ring (bicyclic) bond motifs is 1. The normalized spacial score (nSPS) is 53.9. The summed E-state index contributed by atoms with van der Waals surface area (Å²) < 4.78 is 106. The summed E-state index contributed by atoms with van der Waals surface area (Å²) in [6.45, 7) is -3.62. The van der Waals surface area contributed by atoms with Crippen LogP contribution in [0.15, 0.2) is 12.6 Å². The summed E-state index contributed by atoms with van der Waals surface area (Å²) in [4.78, 5) is 10.7. The highest BCUT2D eigenvalue weighted by molar-refractivity contribution is 5.81. The molecule has 0 amide bonds. The second-order valence-corrected chi connectivity index (χ2v) is 3.16. The van der Waals surface area contributed by atoms with Gasteiger partial charge in [-0.15, -0.1) is 0 Å². The lowest BCUT2D eigenvalue weighted by Gasteiger charge is -2.13. The van der Waals surface area contributed by atoms with Gasteiger partial charge < -0.3 is 20.7 Å².